The Labute approximate surface area is 96.6 Å². The van der Waals surface area contributed by atoms with Crippen molar-refractivity contribution in [3.05, 3.63) is 53.0 Å². The molecule has 0 atom stereocenters. The van der Waals surface area contributed by atoms with Crippen LogP contribution in [0.3, 0.4) is 0 Å². The van der Waals surface area contributed by atoms with Crippen LogP contribution in [-0.2, 0) is 7.05 Å². The molecule has 0 radical (unpaired) electrons. The van der Waals surface area contributed by atoms with Gasteiger partial charge in [-0.15, -0.1) is 10.2 Å². The Balaban J connectivity index is 2.41. The maximum Gasteiger partial charge on any atom is 0.163 e. The van der Waals surface area contributed by atoms with E-state index in [1.54, 1.807) is 6.33 Å². The van der Waals surface area contributed by atoms with Crippen molar-refractivity contribution in [1.29, 1.82) is 0 Å². The molecule has 0 bridgehead atoms. The molecule has 0 amide bonds. The Morgan fingerprint density at radius 2 is 2.27 bits per heavy atom. The van der Waals surface area contributed by atoms with Crippen LogP contribution in [0, 0.1) is 0 Å². The molecule has 2 rings (SSSR count). The third-order valence-electron chi connectivity index (χ3n) is 2.15. The summed E-state index contributed by atoms with van der Waals surface area (Å²) in [5.74, 6) is 0.785. The van der Waals surface area contributed by atoms with Gasteiger partial charge in [-0.2, -0.15) is 0 Å². The quantitative estimate of drug-likeness (QED) is 0.834. The minimum Gasteiger partial charge on any atom is -0.317 e. The van der Waals surface area contributed by atoms with Gasteiger partial charge in [0.25, 0.3) is 0 Å². The van der Waals surface area contributed by atoms with Gasteiger partial charge < -0.3 is 4.57 Å². The van der Waals surface area contributed by atoms with Crippen molar-refractivity contribution in [1.82, 2.24) is 14.8 Å². The minimum atomic E-state index is 0.785. The Bertz CT molecular complexity index is 502. The summed E-state index contributed by atoms with van der Waals surface area (Å²) in [5.41, 5.74) is 1.91. The highest BCUT2D eigenvalue weighted by atomic mass is 79.9. The van der Waals surface area contributed by atoms with Crippen molar-refractivity contribution in [3.8, 4) is 0 Å². The predicted molar refractivity (Wildman–Crippen MR) is 63.3 cm³/mol. The Morgan fingerprint density at radius 3 is 2.87 bits per heavy atom. The summed E-state index contributed by atoms with van der Waals surface area (Å²) in [5, 5.41) is 7.85. The zero-order valence-corrected chi connectivity index (χ0v) is 9.90. The van der Waals surface area contributed by atoms with E-state index in [-0.39, 0.29) is 0 Å². The van der Waals surface area contributed by atoms with E-state index in [0.717, 1.165) is 21.4 Å². The Morgan fingerprint density at radius 1 is 1.47 bits per heavy atom. The van der Waals surface area contributed by atoms with Crippen LogP contribution in [0.15, 0.2) is 41.6 Å². The van der Waals surface area contributed by atoms with Crippen molar-refractivity contribution in [2.24, 2.45) is 7.05 Å². The molecule has 0 N–H and O–H groups in total. The fourth-order valence-corrected chi connectivity index (χ4v) is 1.76. The number of halogens is 1. The fraction of sp³-hybridized carbons (Fsp3) is 0.0909. The number of aryl methyl sites for hydroxylation is 1. The molecule has 0 aliphatic rings. The highest BCUT2D eigenvalue weighted by Crippen LogP contribution is 2.21. The minimum absolute atomic E-state index is 0.785. The first-order valence-electron chi connectivity index (χ1n) is 4.47. The van der Waals surface area contributed by atoms with E-state index in [2.05, 4.69) is 32.7 Å². The lowest BCUT2D eigenvalue weighted by atomic mass is 10.1. The Hall–Kier alpha value is -1.42. The molecule has 1 heterocycles. The first kappa shape index (κ1) is 10.1. The summed E-state index contributed by atoms with van der Waals surface area (Å²) < 4.78 is 2.88. The number of hydrogen-bond donors (Lipinski definition) is 0. The second kappa shape index (κ2) is 3.98. The largest absolute Gasteiger partial charge is 0.317 e. The molecule has 76 valence electrons. The average molecular weight is 264 g/mol. The van der Waals surface area contributed by atoms with Crippen LogP contribution < -0.4 is 0 Å². The van der Waals surface area contributed by atoms with E-state index >= 15 is 0 Å². The zero-order chi connectivity index (χ0) is 10.8. The van der Waals surface area contributed by atoms with Gasteiger partial charge in [-0.25, -0.2) is 0 Å². The molecule has 0 aliphatic heterocycles. The SMILES string of the molecule is C=C(c1cccc(Br)c1)c1nncn1C. The molecule has 3 nitrogen and oxygen atoms in total. The molecule has 0 saturated heterocycles. The van der Waals surface area contributed by atoms with E-state index in [1.807, 2.05) is 35.9 Å². The van der Waals surface area contributed by atoms with Gasteiger partial charge in [0.1, 0.15) is 6.33 Å². The first-order valence-corrected chi connectivity index (χ1v) is 5.27. The van der Waals surface area contributed by atoms with Crippen molar-refractivity contribution in [3.63, 3.8) is 0 Å². The smallest absolute Gasteiger partial charge is 0.163 e. The first-order chi connectivity index (χ1) is 7.18. The number of aromatic nitrogens is 3. The highest BCUT2D eigenvalue weighted by molar-refractivity contribution is 9.10. The van der Waals surface area contributed by atoms with Gasteiger partial charge in [0.05, 0.1) is 0 Å². The van der Waals surface area contributed by atoms with Gasteiger partial charge >= 0.3 is 0 Å². The van der Waals surface area contributed by atoms with E-state index in [0.29, 0.717) is 0 Å². The van der Waals surface area contributed by atoms with Crippen molar-refractivity contribution in [2.45, 2.75) is 0 Å². The molecule has 0 unspecified atom stereocenters. The molecule has 2 aromatic rings. The molecule has 4 heteroatoms. The van der Waals surface area contributed by atoms with Crippen LogP contribution in [0.5, 0.6) is 0 Å². The van der Waals surface area contributed by atoms with Gasteiger partial charge in [-0.3, -0.25) is 0 Å². The topological polar surface area (TPSA) is 30.7 Å². The fourth-order valence-electron chi connectivity index (χ4n) is 1.36. The predicted octanol–water partition coefficient (Wildman–Crippen LogP) is 2.64. The van der Waals surface area contributed by atoms with Crippen LogP contribution in [0.4, 0.5) is 0 Å². The summed E-state index contributed by atoms with van der Waals surface area (Å²) in [6, 6.07) is 7.97. The number of hydrogen-bond acceptors (Lipinski definition) is 2. The highest BCUT2D eigenvalue weighted by Gasteiger charge is 2.07. The van der Waals surface area contributed by atoms with E-state index in [4.69, 9.17) is 0 Å². The van der Waals surface area contributed by atoms with Crippen molar-refractivity contribution < 1.29 is 0 Å². The lowest BCUT2D eigenvalue weighted by Crippen LogP contribution is -1.96. The summed E-state index contributed by atoms with van der Waals surface area (Å²) in [6.07, 6.45) is 1.67. The van der Waals surface area contributed by atoms with E-state index < -0.39 is 0 Å². The standard InChI is InChI=1S/C11H10BrN3/c1-8(11-14-13-7-15(11)2)9-4-3-5-10(12)6-9/h3-7H,1H2,2H3. The van der Waals surface area contributed by atoms with Crippen molar-refractivity contribution >= 4 is 21.5 Å². The third kappa shape index (κ3) is 1.99. The molecule has 0 saturated carbocycles. The molecule has 15 heavy (non-hydrogen) atoms. The van der Waals surface area contributed by atoms with E-state index in [1.165, 1.54) is 0 Å². The van der Waals surface area contributed by atoms with Gasteiger partial charge in [-0.05, 0) is 17.7 Å². The normalized spacial score (nSPS) is 10.3. The average Bonchev–Trinajstić information content (AvgIpc) is 2.63. The lowest BCUT2D eigenvalue weighted by Gasteiger charge is -2.05. The van der Waals surface area contributed by atoms with Gasteiger partial charge in [0, 0.05) is 17.1 Å². The summed E-state index contributed by atoms with van der Waals surface area (Å²) in [6.45, 7) is 4.03. The molecular weight excluding hydrogens is 254 g/mol. The Kier molecular flexibility index (Phi) is 2.68. The van der Waals surface area contributed by atoms with Crippen LogP contribution >= 0.6 is 15.9 Å². The van der Waals surface area contributed by atoms with Crippen LogP contribution in [0.2, 0.25) is 0 Å². The summed E-state index contributed by atoms with van der Waals surface area (Å²) in [4.78, 5) is 0. The van der Waals surface area contributed by atoms with Crippen LogP contribution in [-0.4, -0.2) is 14.8 Å². The molecule has 0 aliphatic carbocycles. The van der Waals surface area contributed by atoms with Crippen LogP contribution in [0.1, 0.15) is 11.4 Å². The molecule has 1 aromatic heterocycles. The maximum atomic E-state index is 4.03. The maximum absolute atomic E-state index is 4.03. The second-order valence-electron chi connectivity index (χ2n) is 3.25. The van der Waals surface area contributed by atoms with Gasteiger partial charge in [0.15, 0.2) is 5.82 Å². The summed E-state index contributed by atoms with van der Waals surface area (Å²) in [7, 11) is 1.90. The number of benzene rings is 1. The van der Waals surface area contributed by atoms with Gasteiger partial charge in [-0.1, -0.05) is 34.6 Å². The molecule has 1 aromatic carbocycles. The van der Waals surface area contributed by atoms with E-state index in [9.17, 15) is 0 Å². The monoisotopic (exact) mass is 263 g/mol. The lowest BCUT2D eigenvalue weighted by molar-refractivity contribution is 0.890. The molecule has 0 spiro atoms. The second-order valence-corrected chi connectivity index (χ2v) is 4.17. The molecular formula is C11H10BrN3. The zero-order valence-electron chi connectivity index (χ0n) is 8.31. The van der Waals surface area contributed by atoms with Crippen molar-refractivity contribution in [2.75, 3.05) is 0 Å². The third-order valence-corrected chi connectivity index (χ3v) is 2.65. The van der Waals surface area contributed by atoms with Gasteiger partial charge in [0.2, 0.25) is 0 Å². The summed E-state index contributed by atoms with van der Waals surface area (Å²) >= 11 is 3.43. The molecule has 0 fully saturated rings. The number of nitrogens with zero attached hydrogens (tertiary/aromatic N) is 3. The number of rotatable bonds is 2. The van der Waals surface area contributed by atoms with Crippen LogP contribution in [0.25, 0.3) is 5.57 Å².